The van der Waals surface area contributed by atoms with Crippen molar-refractivity contribution in [1.29, 1.82) is 0 Å². The number of thiazole rings is 1. The number of rotatable bonds is 6. The molecule has 2 fully saturated rings. The van der Waals surface area contributed by atoms with Gasteiger partial charge in [0.25, 0.3) is 0 Å². The Balaban J connectivity index is 1.57. The summed E-state index contributed by atoms with van der Waals surface area (Å²) < 4.78 is 11.4. The highest BCUT2D eigenvalue weighted by Crippen LogP contribution is 2.41. The third-order valence-corrected chi connectivity index (χ3v) is 6.10. The smallest absolute Gasteiger partial charge is 0.335 e. The molecule has 0 amide bonds. The van der Waals surface area contributed by atoms with Crippen LogP contribution in [0.25, 0.3) is 10.6 Å². The van der Waals surface area contributed by atoms with E-state index in [0.29, 0.717) is 18.3 Å². The molecule has 132 valence electrons. The molecule has 1 aromatic carbocycles. The molecule has 0 radical (unpaired) electrons. The summed E-state index contributed by atoms with van der Waals surface area (Å²) in [5.74, 6) is 0.231. The predicted octanol–water partition coefficient (Wildman–Crippen LogP) is 4.33. The molecule has 1 N–H and O–H groups in total. The van der Waals surface area contributed by atoms with E-state index in [-0.39, 0.29) is 11.7 Å². The summed E-state index contributed by atoms with van der Waals surface area (Å²) in [5, 5.41) is 10.3. The van der Waals surface area contributed by atoms with E-state index in [4.69, 9.17) is 9.47 Å². The summed E-state index contributed by atoms with van der Waals surface area (Å²) in [6.07, 6.45) is 7.82. The minimum atomic E-state index is -0.959. The Kier molecular flexibility index (Phi) is 4.72. The molecule has 1 atom stereocenters. The van der Waals surface area contributed by atoms with Gasteiger partial charge in [-0.1, -0.05) is 6.42 Å². The van der Waals surface area contributed by atoms with Gasteiger partial charge in [0.2, 0.25) is 0 Å². The number of nitrogens with zero attached hydrogens (tertiary/aromatic N) is 1. The first kappa shape index (κ1) is 16.5. The number of hydrogen-bond donors (Lipinski definition) is 1. The zero-order valence-electron chi connectivity index (χ0n) is 13.9. The number of carboxylic acid groups (broad SMARTS) is 1. The highest BCUT2D eigenvalue weighted by atomic mass is 32.1. The SMILES string of the molecule is O=C(O)c1cc(OC[C@@H]2CCCO2)cc(-c2ncc(C3CCC3)s2)c1. The fourth-order valence-corrected chi connectivity index (χ4v) is 4.27. The number of ether oxygens (including phenoxy) is 2. The predicted molar refractivity (Wildman–Crippen MR) is 95.6 cm³/mol. The molecule has 2 aromatic rings. The first-order chi connectivity index (χ1) is 12.2. The van der Waals surface area contributed by atoms with Gasteiger partial charge in [-0.15, -0.1) is 11.3 Å². The minimum absolute atomic E-state index is 0.0991. The van der Waals surface area contributed by atoms with Gasteiger partial charge in [0.05, 0.1) is 11.7 Å². The Morgan fingerprint density at radius 3 is 2.84 bits per heavy atom. The second kappa shape index (κ2) is 7.14. The van der Waals surface area contributed by atoms with Gasteiger partial charge in [0.15, 0.2) is 0 Å². The van der Waals surface area contributed by atoms with Gasteiger partial charge in [-0.2, -0.15) is 0 Å². The number of hydrogen-bond acceptors (Lipinski definition) is 5. The molecule has 25 heavy (non-hydrogen) atoms. The molecule has 1 saturated heterocycles. The standard InChI is InChI=1S/C19H21NO4S/c21-19(22)14-7-13(18-20-10-17(25-18)12-3-1-4-12)8-16(9-14)24-11-15-5-2-6-23-15/h7-10,12,15H,1-6,11H2,(H,21,22)/t15-/m0/s1. The molecular weight excluding hydrogens is 338 g/mol. The van der Waals surface area contributed by atoms with Crippen LogP contribution >= 0.6 is 11.3 Å². The summed E-state index contributed by atoms with van der Waals surface area (Å²) in [5.41, 5.74) is 1.03. The molecular formula is C19H21NO4S. The molecule has 1 aliphatic carbocycles. The topological polar surface area (TPSA) is 68.7 Å². The van der Waals surface area contributed by atoms with Gasteiger partial charge in [-0.05, 0) is 49.8 Å². The minimum Gasteiger partial charge on any atom is -0.491 e. The summed E-state index contributed by atoms with van der Waals surface area (Å²) in [4.78, 5) is 17.3. The highest BCUT2D eigenvalue weighted by Gasteiger charge is 2.22. The van der Waals surface area contributed by atoms with Crippen molar-refractivity contribution < 1.29 is 19.4 Å². The van der Waals surface area contributed by atoms with Crippen LogP contribution in [-0.2, 0) is 4.74 Å². The average Bonchev–Trinajstić information content (AvgIpc) is 3.23. The van der Waals surface area contributed by atoms with E-state index in [9.17, 15) is 9.90 Å². The first-order valence-corrected chi connectivity index (χ1v) is 9.59. The van der Waals surface area contributed by atoms with Gasteiger partial charge in [0.1, 0.15) is 17.4 Å². The summed E-state index contributed by atoms with van der Waals surface area (Å²) in [6, 6.07) is 5.12. The number of aromatic carboxylic acids is 1. The van der Waals surface area contributed by atoms with E-state index in [2.05, 4.69) is 4.98 Å². The Labute approximate surface area is 150 Å². The molecule has 2 heterocycles. The van der Waals surface area contributed by atoms with Crippen LogP contribution in [0, 0.1) is 0 Å². The molecule has 2 aliphatic rings. The third-order valence-electron chi connectivity index (χ3n) is 4.89. The molecule has 1 aliphatic heterocycles. The van der Waals surface area contributed by atoms with Gasteiger partial charge in [-0.3, -0.25) is 0 Å². The average molecular weight is 359 g/mol. The summed E-state index contributed by atoms with van der Waals surface area (Å²) in [6.45, 7) is 1.23. The van der Waals surface area contributed by atoms with Crippen molar-refractivity contribution in [1.82, 2.24) is 4.98 Å². The van der Waals surface area contributed by atoms with Gasteiger partial charge in [-0.25, -0.2) is 9.78 Å². The van der Waals surface area contributed by atoms with E-state index < -0.39 is 5.97 Å². The normalized spacial score (nSPS) is 20.4. The maximum Gasteiger partial charge on any atom is 0.335 e. The number of aromatic nitrogens is 1. The van der Waals surface area contributed by atoms with E-state index in [0.717, 1.165) is 30.0 Å². The Morgan fingerprint density at radius 2 is 2.16 bits per heavy atom. The van der Waals surface area contributed by atoms with Crippen molar-refractivity contribution in [2.24, 2.45) is 0 Å². The van der Waals surface area contributed by atoms with Gasteiger partial charge >= 0.3 is 5.97 Å². The second-order valence-corrected chi connectivity index (χ2v) is 7.76. The first-order valence-electron chi connectivity index (χ1n) is 8.78. The van der Waals surface area contributed by atoms with Crippen LogP contribution in [-0.4, -0.2) is 35.4 Å². The summed E-state index contributed by atoms with van der Waals surface area (Å²) in [7, 11) is 0. The van der Waals surface area contributed by atoms with Crippen LogP contribution in [0.15, 0.2) is 24.4 Å². The van der Waals surface area contributed by atoms with Crippen LogP contribution in [0.4, 0.5) is 0 Å². The molecule has 6 heteroatoms. The Morgan fingerprint density at radius 1 is 1.28 bits per heavy atom. The van der Waals surface area contributed by atoms with Crippen molar-refractivity contribution in [3.05, 3.63) is 34.8 Å². The third kappa shape index (κ3) is 3.70. The Bertz CT molecular complexity index is 763. The van der Waals surface area contributed by atoms with Gasteiger partial charge in [0, 0.05) is 23.2 Å². The van der Waals surface area contributed by atoms with Gasteiger partial charge < -0.3 is 14.6 Å². The lowest BCUT2D eigenvalue weighted by molar-refractivity contribution is 0.0672. The van der Waals surface area contributed by atoms with E-state index in [1.807, 2.05) is 12.3 Å². The van der Waals surface area contributed by atoms with E-state index >= 15 is 0 Å². The number of carboxylic acids is 1. The van der Waals surface area contributed by atoms with Crippen molar-refractivity contribution in [2.45, 2.75) is 44.1 Å². The fourth-order valence-electron chi connectivity index (χ4n) is 3.20. The maximum absolute atomic E-state index is 11.5. The molecule has 1 saturated carbocycles. The van der Waals surface area contributed by atoms with E-state index in [1.165, 1.54) is 24.1 Å². The largest absolute Gasteiger partial charge is 0.491 e. The van der Waals surface area contributed by atoms with Crippen molar-refractivity contribution >= 4 is 17.3 Å². The molecule has 5 nitrogen and oxygen atoms in total. The number of benzene rings is 1. The Hall–Kier alpha value is -1.92. The fraction of sp³-hybridized carbons (Fsp3) is 0.474. The zero-order valence-corrected chi connectivity index (χ0v) is 14.8. The lowest BCUT2D eigenvalue weighted by Gasteiger charge is -2.23. The monoisotopic (exact) mass is 359 g/mol. The molecule has 0 spiro atoms. The molecule has 4 rings (SSSR count). The second-order valence-electron chi connectivity index (χ2n) is 6.69. The quantitative estimate of drug-likeness (QED) is 0.831. The van der Waals surface area contributed by atoms with Crippen LogP contribution < -0.4 is 4.74 Å². The highest BCUT2D eigenvalue weighted by molar-refractivity contribution is 7.15. The maximum atomic E-state index is 11.5. The molecule has 0 unspecified atom stereocenters. The van der Waals surface area contributed by atoms with Crippen molar-refractivity contribution in [2.75, 3.05) is 13.2 Å². The van der Waals surface area contributed by atoms with Crippen molar-refractivity contribution in [3.8, 4) is 16.3 Å². The lowest BCUT2D eigenvalue weighted by Crippen LogP contribution is -2.16. The van der Waals surface area contributed by atoms with Crippen LogP contribution in [0.5, 0.6) is 5.75 Å². The van der Waals surface area contributed by atoms with Crippen LogP contribution in [0.1, 0.15) is 53.3 Å². The van der Waals surface area contributed by atoms with Crippen molar-refractivity contribution in [3.63, 3.8) is 0 Å². The number of carbonyl (C=O) groups is 1. The van der Waals surface area contributed by atoms with Crippen LogP contribution in [0.2, 0.25) is 0 Å². The molecule has 0 bridgehead atoms. The van der Waals surface area contributed by atoms with E-state index in [1.54, 1.807) is 23.5 Å². The zero-order chi connectivity index (χ0) is 17.2. The lowest BCUT2D eigenvalue weighted by atomic mass is 9.85. The molecule has 1 aromatic heterocycles. The van der Waals surface area contributed by atoms with Crippen LogP contribution in [0.3, 0.4) is 0 Å². The summed E-state index contributed by atoms with van der Waals surface area (Å²) >= 11 is 1.66.